The van der Waals surface area contributed by atoms with Crippen LogP contribution in [-0.2, 0) is 16.1 Å². The maximum absolute atomic E-state index is 12.5. The van der Waals surface area contributed by atoms with Crippen molar-refractivity contribution in [3.05, 3.63) is 59.1 Å². The molecular weight excluding hydrogens is 368 g/mol. The Hall–Kier alpha value is -2.57. The van der Waals surface area contributed by atoms with E-state index in [-0.39, 0.29) is 38.1 Å². The van der Waals surface area contributed by atoms with Gasteiger partial charge in [-0.2, -0.15) is 0 Å². The highest BCUT2D eigenvalue weighted by atomic mass is 35.5. The first kappa shape index (κ1) is 20.7. The van der Waals surface area contributed by atoms with E-state index >= 15 is 0 Å². The Morgan fingerprint density at radius 2 is 1.96 bits per heavy atom. The molecule has 0 fully saturated rings. The summed E-state index contributed by atoms with van der Waals surface area (Å²) in [4.78, 5) is 25.5. The van der Waals surface area contributed by atoms with Crippen LogP contribution >= 0.6 is 11.6 Å². The molecular formula is C20H23ClN2O4. The number of hydrogen-bond acceptors (Lipinski definition) is 4. The molecule has 0 aliphatic heterocycles. The van der Waals surface area contributed by atoms with Crippen LogP contribution in [0.5, 0.6) is 5.75 Å². The molecule has 2 rings (SSSR count). The summed E-state index contributed by atoms with van der Waals surface area (Å²) in [6, 6.07) is 14.1. The number of amides is 2. The lowest BCUT2D eigenvalue weighted by molar-refractivity contribution is -0.134. The number of halogens is 1. The fourth-order valence-electron chi connectivity index (χ4n) is 2.39. The summed E-state index contributed by atoms with van der Waals surface area (Å²) in [7, 11) is 0. The number of carbonyl (C=O) groups excluding carboxylic acids is 2. The van der Waals surface area contributed by atoms with Gasteiger partial charge in [0.25, 0.3) is 5.91 Å². The summed E-state index contributed by atoms with van der Waals surface area (Å²) in [5.41, 5.74) is 1.40. The highest BCUT2D eigenvalue weighted by Crippen LogP contribution is 2.19. The van der Waals surface area contributed by atoms with Gasteiger partial charge in [0.2, 0.25) is 5.91 Å². The standard InChI is InChI=1S/C20H23ClN2O4/c1-2-19(25)22-16-7-5-8-17(12-16)27-14-20(26)23(10-11-24)13-15-6-3-4-9-18(15)21/h3-9,12,24H,2,10-11,13-14H2,1H3,(H,22,25). The second kappa shape index (κ2) is 10.5. The molecule has 0 saturated heterocycles. The lowest BCUT2D eigenvalue weighted by atomic mass is 10.2. The molecule has 0 spiro atoms. The van der Waals surface area contributed by atoms with Gasteiger partial charge in [-0.15, -0.1) is 0 Å². The summed E-state index contributed by atoms with van der Waals surface area (Å²) in [5, 5.41) is 12.6. The molecule has 6 nitrogen and oxygen atoms in total. The number of ether oxygens (including phenoxy) is 1. The quantitative estimate of drug-likeness (QED) is 0.689. The summed E-state index contributed by atoms with van der Waals surface area (Å²) < 4.78 is 5.56. The third-order valence-corrected chi connectivity index (χ3v) is 4.21. The van der Waals surface area contributed by atoms with Gasteiger partial charge in [0.1, 0.15) is 5.75 Å². The molecule has 0 atom stereocenters. The van der Waals surface area contributed by atoms with Crippen LogP contribution in [0, 0.1) is 0 Å². The van der Waals surface area contributed by atoms with Crippen molar-refractivity contribution >= 4 is 29.1 Å². The topological polar surface area (TPSA) is 78.9 Å². The largest absolute Gasteiger partial charge is 0.484 e. The summed E-state index contributed by atoms with van der Waals surface area (Å²) in [5.74, 6) is 0.1000. The number of nitrogens with zero attached hydrogens (tertiary/aromatic N) is 1. The first-order valence-corrected chi connectivity index (χ1v) is 9.06. The molecule has 0 aliphatic carbocycles. The Morgan fingerprint density at radius 3 is 2.67 bits per heavy atom. The van der Waals surface area contributed by atoms with E-state index in [1.165, 1.54) is 4.90 Å². The number of benzene rings is 2. The Bertz CT molecular complexity index is 782. The normalized spacial score (nSPS) is 10.3. The number of anilines is 1. The Morgan fingerprint density at radius 1 is 1.19 bits per heavy atom. The molecule has 27 heavy (non-hydrogen) atoms. The SMILES string of the molecule is CCC(=O)Nc1cccc(OCC(=O)N(CCO)Cc2ccccc2Cl)c1. The Balaban J connectivity index is 1.98. The molecule has 0 aliphatic rings. The van der Waals surface area contributed by atoms with Gasteiger partial charge in [-0.25, -0.2) is 0 Å². The molecule has 0 radical (unpaired) electrons. The molecule has 0 saturated carbocycles. The van der Waals surface area contributed by atoms with Gasteiger partial charge in [0, 0.05) is 36.3 Å². The first-order valence-electron chi connectivity index (χ1n) is 8.68. The van der Waals surface area contributed by atoms with Gasteiger partial charge >= 0.3 is 0 Å². The van der Waals surface area contributed by atoms with E-state index in [9.17, 15) is 14.7 Å². The molecule has 2 amide bonds. The maximum atomic E-state index is 12.5. The Kier molecular flexibility index (Phi) is 8.10. The number of hydrogen-bond donors (Lipinski definition) is 2. The number of aliphatic hydroxyl groups excluding tert-OH is 1. The van der Waals surface area contributed by atoms with Gasteiger partial charge in [-0.1, -0.05) is 42.8 Å². The molecule has 144 valence electrons. The van der Waals surface area contributed by atoms with Gasteiger partial charge in [-0.05, 0) is 23.8 Å². The molecule has 7 heteroatoms. The smallest absolute Gasteiger partial charge is 0.260 e. The molecule has 0 unspecified atom stereocenters. The van der Waals surface area contributed by atoms with Crippen molar-refractivity contribution in [3.8, 4) is 5.75 Å². The van der Waals surface area contributed by atoms with E-state index in [4.69, 9.17) is 16.3 Å². The predicted molar refractivity (Wildman–Crippen MR) is 105 cm³/mol. The molecule has 2 N–H and O–H groups in total. The van der Waals surface area contributed by atoms with Crippen molar-refractivity contribution in [2.45, 2.75) is 19.9 Å². The monoisotopic (exact) mass is 390 g/mol. The van der Waals surface area contributed by atoms with Crippen LogP contribution in [0.4, 0.5) is 5.69 Å². The van der Waals surface area contributed by atoms with Crippen LogP contribution in [0.3, 0.4) is 0 Å². The average Bonchev–Trinajstić information content (AvgIpc) is 2.67. The van der Waals surface area contributed by atoms with Crippen molar-refractivity contribution < 1.29 is 19.4 Å². The fourth-order valence-corrected chi connectivity index (χ4v) is 2.59. The first-order chi connectivity index (χ1) is 13.0. The fraction of sp³-hybridized carbons (Fsp3) is 0.300. The lowest BCUT2D eigenvalue weighted by Gasteiger charge is -2.22. The van der Waals surface area contributed by atoms with Crippen molar-refractivity contribution in [2.75, 3.05) is 25.1 Å². The third-order valence-electron chi connectivity index (χ3n) is 3.84. The van der Waals surface area contributed by atoms with Crippen LogP contribution in [0.2, 0.25) is 5.02 Å². The Labute approximate surface area is 163 Å². The minimum atomic E-state index is -0.271. The second-order valence-corrected chi connectivity index (χ2v) is 6.26. The zero-order valence-corrected chi connectivity index (χ0v) is 15.9. The van der Waals surface area contributed by atoms with Crippen LogP contribution < -0.4 is 10.1 Å². The zero-order valence-electron chi connectivity index (χ0n) is 15.2. The van der Waals surface area contributed by atoms with Crippen molar-refractivity contribution in [1.82, 2.24) is 4.90 Å². The van der Waals surface area contributed by atoms with E-state index in [1.54, 1.807) is 37.3 Å². The predicted octanol–water partition coefficient (Wildman–Crippen LogP) is 3.09. The molecule has 2 aromatic rings. The maximum Gasteiger partial charge on any atom is 0.260 e. The number of nitrogens with one attached hydrogen (secondary N) is 1. The summed E-state index contributed by atoms with van der Waals surface area (Å²) in [6.07, 6.45) is 0.377. The van der Waals surface area contributed by atoms with E-state index in [1.807, 2.05) is 18.2 Å². The van der Waals surface area contributed by atoms with Crippen molar-refractivity contribution in [3.63, 3.8) is 0 Å². The van der Waals surface area contributed by atoms with Gasteiger partial charge in [0.15, 0.2) is 6.61 Å². The van der Waals surface area contributed by atoms with E-state index in [0.717, 1.165) is 5.56 Å². The van der Waals surface area contributed by atoms with Gasteiger partial charge in [0.05, 0.1) is 6.61 Å². The minimum Gasteiger partial charge on any atom is -0.484 e. The molecule has 0 heterocycles. The highest BCUT2D eigenvalue weighted by Gasteiger charge is 2.16. The van der Waals surface area contributed by atoms with Crippen LogP contribution in [-0.4, -0.2) is 41.6 Å². The van der Waals surface area contributed by atoms with E-state index in [0.29, 0.717) is 22.9 Å². The molecule has 0 bridgehead atoms. The van der Waals surface area contributed by atoms with E-state index < -0.39 is 0 Å². The number of rotatable bonds is 9. The van der Waals surface area contributed by atoms with Crippen molar-refractivity contribution in [1.29, 1.82) is 0 Å². The van der Waals surface area contributed by atoms with Crippen LogP contribution in [0.25, 0.3) is 0 Å². The van der Waals surface area contributed by atoms with Gasteiger partial charge < -0.3 is 20.1 Å². The highest BCUT2D eigenvalue weighted by molar-refractivity contribution is 6.31. The van der Waals surface area contributed by atoms with E-state index in [2.05, 4.69) is 5.32 Å². The van der Waals surface area contributed by atoms with Crippen LogP contribution in [0.15, 0.2) is 48.5 Å². The summed E-state index contributed by atoms with van der Waals surface area (Å²) >= 11 is 6.15. The minimum absolute atomic E-state index is 0.0999. The average molecular weight is 391 g/mol. The number of carbonyl (C=O) groups is 2. The second-order valence-electron chi connectivity index (χ2n) is 5.85. The lowest BCUT2D eigenvalue weighted by Crippen LogP contribution is -2.36. The number of aliphatic hydroxyl groups is 1. The zero-order chi connectivity index (χ0) is 19.6. The summed E-state index contributed by atoms with van der Waals surface area (Å²) in [6.45, 7) is 1.89. The molecule has 0 aromatic heterocycles. The van der Waals surface area contributed by atoms with Gasteiger partial charge in [-0.3, -0.25) is 9.59 Å². The molecule has 2 aromatic carbocycles. The van der Waals surface area contributed by atoms with Crippen molar-refractivity contribution in [2.24, 2.45) is 0 Å². The third kappa shape index (κ3) is 6.58. The van der Waals surface area contributed by atoms with Crippen LogP contribution in [0.1, 0.15) is 18.9 Å².